The Balaban J connectivity index is 1.47. The van der Waals surface area contributed by atoms with E-state index in [1.165, 1.54) is 28.4 Å². The number of H-pyrrole nitrogens is 1. The Morgan fingerprint density at radius 3 is 2.68 bits per heavy atom. The van der Waals surface area contributed by atoms with Gasteiger partial charge in [-0.3, -0.25) is 9.89 Å². The number of halogens is 2. The highest BCUT2D eigenvalue weighted by Crippen LogP contribution is 2.32. The van der Waals surface area contributed by atoms with Crippen molar-refractivity contribution in [1.82, 2.24) is 15.1 Å². The number of rotatable bonds is 3. The van der Waals surface area contributed by atoms with Gasteiger partial charge in [-0.1, -0.05) is 6.07 Å². The van der Waals surface area contributed by atoms with E-state index in [9.17, 15) is 13.6 Å². The van der Waals surface area contributed by atoms with Crippen LogP contribution in [0, 0.1) is 18.6 Å². The molecular formula is C21H15F2N3OS. The maximum Gasteiger partial charge on any atom is 0.255 e. The molecule has 7 heteroatoms. The molecule has 5 rings (SSSR count). The molecular weight excluding hydrogens is 380 g/mol. The highest BCUT2D eigenvalue weighted by molar-refractivity contribution is 7.10. The Hall–Kier alpha value is -3.06. The van der Waals surface area contributed by atoms with E-state index in [0.717, 1.165) is 21.5 Å². The lowest BCUT2D eigenvalue weighted by molar-refractivity contribution is 0.0764. The average Bonchev–Trinajstić information content (AvgIpc) is 3.36. The van der Waals surface area contributed by atoms with Gasteiger partial charge in [0.05, 0.1) is 29.9 Å². The van der Waals surface area contributed by atoms with Crippen molar-refractivity contribution in [2.45, 2.75) is 20.0 Å². The first-order chi connectivity index (χ1) is 13.5. The van der Waals surface area contributed by atoms with Crippen LogP contribution in [0.2, 0.25) is 0 Å². The van der Waals surface area contributed by atoms with Crippen molar-refractivity contribution in [3.63, 3.8) is 0 Å². The summed E-state index contributed by atoms with van der Waals surface area (Å²) >= 11 is 1.48. The van der Waals surface area contributed by atoms with Crippen LogP contribution in [0.15, 0.2) is 41.8 Å². The van der Waals surface area contributed by atoms with Gasteiger partial charge >= 0.3 is 0 Å². The molecule has 1 N–H and O–H groups in total. The Morgan fingerprint density at radius 1 is 1.14 bits per heavy atom. The Bertz CT molecular complexity index is 1220. The monoisotopic (exact) mass is 395 g/mol. The number of nitrogens with one attached hydrogen (secondary N) is 1. The van der Waals surface area contributed by atoms with Gasteiger partial charge in [0.25, 0.3) is 5.91 Å². The normalized spacial score (nSPS) is 13.5. The van der Waals surface area contributed by atoms with Crippen molar-refractivity contribution in [3.8, 4) is 11.1 Å². The van der Waals surface area contributed by atoms with Crippen molar-refractivity contribution in [3.05, 3.63) is 75.1 Å². The standard InChI is InChI=1S/C21H15F2N3OS/c1-11-15-6-12(2-3-19(15)25-24-11)13-7-17(22)16(18(23)8-13)9-26-10-20-14(21(26)27)4-5-28-20/h2-8H,9-10H2,1H3,(H,24,25). The van der Waals surface area contributed by atoms with Gasteiger partial charge in [-0.2, -0.15) is 5.10 Å². The second-order valence-corrected chi connectivity index (χ2v) is 7.91. The SMILES string of the molecule is Cc1n[nH]c2ccc(-c3cc(F)c(CN4Cc5sccc5C4=O)c(F)c3)cc12. The zero-order valence-electron chi connectivity index (χ0n) is 14.9. The first-order valence-corrected chi connectivity index (χ1v) is 9.68. The molecule has 1 amide bonds. The van der Waals surface area contributed by atoms with E-state index >= 15 is 0 Å². The molecule has 2 aromatic carbocycles. The molecule has 0 radical (unpaired) electrons. The molecule has 0 atom stereocenters. The fourth-order valence-corrected chi connectivity index (χ4v) is 4.51. The molecule has 0 saturated carbocycles. The van der Waals surface area contributed by atoms with Crippen LogP contribution in [0.25, 0.3) is 22.0 Å². The van der Waals surface area contributed by atoms with E-state index in [4.69, 9.17) is 0 Å². The third-order valence-corrected chi connectivity index (χ3v) is 6.08. The van der Waals surface area contributed by atoms with Crippen LogP contribution < -0.4 is 0 Å². The Labute approximate surface area is 163 Å². The van der Waals surface area contributed by atoms with Gasteiger partial charge in [0.2, 0.25) is 0 Å². The summed E-state index contributed by atoms with van der Waals surface area (Å²) in [5, 5.41) is 9.83. The smallest absolute Gasteiger partial charge is 0.255 e. The van der Waals surface area contributed by atoms with E-state index in [2.05, 4.69) is 10.2 Å². The number of fused-ring (bicyclic) bond motifs is 2. The molecule has 0 fully saturated rings. The van der Waals surface area contributed by atoms with Crippen LogP contribution in [0.3, 0.4) is 0 Å². The molecule has 4 nitrogen and oxygen atoms in total. The third kappa shape index (κ3) is 2.62. The van der Waals surface area contributed by atoms with Crippen LogP contribution >= 0.6 is 11.3 Å². The molecule has 3 heterocycles. The van der Waals surface area contributed by atoms with Gasteiger partial charge in [-0.05, 0) is 53.8 Å². The van der Waals surface area contributed by atoms with Gasteiger partial charge in [0.1, 0.15) is 11.6 Å². The first-order valence-electron chi connectivity index (χ1n) is 8.80. The number of aryl methyl sites for hydroxylation is 1. The second kappa shape index (κ2) is 6.24. The van der Waals surface area contributed by atoms with Gasteiger partial charge in [-0.25, -0.2) is 8.78 Å². The third-order valence-electron chi connectivity index (χ3n) is 5.17. The predicted molar refractivity (Wildman–Crippen MR) is 104 cm³/mol. The summed E-state index contributed by atoms with van der Waals surface area (Å²) in [7, 11) is 0. The van der Waals surface area contributed by atoms with Crippen molar-refractivity contribution in [2.24, 2.45) is 0 Å². The molecule has 0 bridgehead atoms. The van der Waals surface area contributed by atoms with Crippen LogP contribution in [0.1, 0.15) is 26.5 Å². The van der Waals surface area contributed by atoms with Gasteiger partial charge in [-0.15, -0.1) is 11.3 Å². The first kappa shape index (κ1) is 17.1. The molecule has 0 saturated heterocycles. The van der Waals surface area contributed by atoms with Crippen molar-refractivity contribution >= 4 is 28.1 Å². The number of thiophene rings is 1. The van der Waals surface area contributed by atoms with Gasteiger partial charge < -0.3 is 4.90 Å². The summed E-state index contributed by atoms with van der Waals surface area (Å²) in [6.45, 7) is 2.18. The lowest BCUT2D eigenvalue weighted by Gasteiger charge is -2.17. The van der Waals surface area contributed by atoms with Crippen molar-refractivity contribution < 1.29 is 13.6 Å². The summed E-state index contributed by atoms with van der Waals surface area (Å²) in [6.07, 6.45) is 0. The number of hydrogen-bond donors (Lipinski definition) is 1. The molecule has 0 spiro atoms. The predicted octanol–water partition coefficient (Wildman–Crippen LogP) is 5.03. The number of carbonyl (C=O) groups is 1. The topological polar surface area (TPSA) is 49.0 Å². The minimum absolute atomic E-state index is 0.0853. The van der Waals surface area contributed by atoms with Crippen molar-refractivity contribution in [1.29, 1.82) is 0 Å². The summed E-state index contributed by atoms with van der Waals surface area (Å²) in [4.78, 5) is 14.8. The quantitative estimate of drug-likeness (QED) is 0.529. The number of aromatic amines is 1. The van der Waals surface area contributed by atoms with Crippen LogP contribution in [-0.2, 0) is 13.1 Å². The lowest BCUT2D eigenvalue weighted by atomic mass is 10.0. The molecule has 0 unspecified atom stereocenters. The zero-order chi connectivity index (χ0) is 19.4. The van der Waals surface area contributed by atoms with E-state index in [-0.39, 0.29) is 18.0 Å². The molecule has 2 aromatic heterocycles. The number of hydrogen-bond acceptors (Lipinski definition) is 3. The molecule has 28 heavy (non-hydrogen) atoms. The second-order valence-electron chi connectivity index (χ2n) is 6.91. The highest BCUT2D eigenvalue weighted by Gasteiger charge is 2.29. The fraction of sp³-hybridized carbons (Fsp3) is 0.143. The summed E-state index contributed by atoms with van der Waals surface area (Å²) in [6, 6.07) is 9.92. The van der Waals surface area contributed by atoms with Crippen LogP contribution in [-0.4, -0.2) is 21.0 Å². The van der Waals surface area contributed by atoms with Crippen LogP contribution in [0.4, 0.5) is 8.78 Å². The highest BCUT2D eigenvalue weighted by atomic mass is 32.1. The molecule has 4 aromatic rings. The zero-order valence-corrected chi connectivity index (χ0v) is 15.7. The van der Waals surface area contributed by atoms with Gasteiger partial charge in [0.15, 0.2) is 0 Å². The Kier molecular flexibility index (Phi) is 3.80. The number of aromatic nitrogens is 2. The maximum absolute atomic E-state index is 14.8. The maximum atomic E-state index is 14.8. The Morgan fingerprint density at radius 2 is 1.93 bits per heavy atom. The van der Waals surface area contributed by atoms with Crippen molar-refractivity contribution in [2.75, 3.05) is 0 Å². The number of carbonyl (C=O) groups excluding carboxylic acids is 1. The minimum atomic E-state index is -0.651. The molecule has 0 aliphatic carbocycles. The average molecular weight is 395 g/mol. The minimum Gasteiger partial charge on any atom is -0.329 e. The number of benzene rings is 2. The number of nitrogens with zero attached hydrogens (tertiary/aromatic N) is 2. The fourth-order valence-electron chi connectivity index (χ4n) is 3.63. The largest absolute Gasteiger partial charge is 0.329 e. The van der Waals surface area contributed by atoms with E-state index < -0.39 is 11.6 Å². The molecule has 1 aliphatic heterocycles. The lowest BCUT2D eigenvalue weighted by Crippen LogP contribution is -2.24. The summed E-state index contributed by atoms with van der Waals surface area (Å²) in [5.41, 5.74) is 3.40. The summed E-state index contributed by atoms with van der Waals surface area (Å²) in [5.74, 6) is -1.48. The van der Waals surface area contributed by atoms with E-state index in [1.54, 1.807) is 12.1 Å². The summed E-state index contributed by atoms with van der Waals surface area (Å²) < 4.78 is 29.5. The molecule has 140 valence electrons. The van der Waals surface area contributed by atoms with E-state index in [1.807, 2.05) is 24.4 Å². The number of amides is 1. The van der Waals surface area contributed by atoms with Crippen LogP contribution in [0.5, 0.6) is 0 Å². The molecule has 1 aliphatic rings. The van der Waals surface area contributed by atoms with E-state index in [0.29, 0.717) is 23.2 Å². The van der Waals surface area contributed by atoms with Gasteiger partial charge in [0, 0.05) is 15.8 Å².